The van der Waals surface area contributed by atoms with Gasteiger partial charge in [-0.1, -0.05) is 39.0 Å². The molecule has 0 radical (unpaired) electrons. The number of methoxy groups -OCH3 is 1. The van der Waals surface area contributed by atoms with Crippen molar-refractivity contribution in [3.8, 4) is 0 Å². The normalized spacial score (nSPS) is 25.3. The number of hydrazone groups is 1. The van der Waals surface area contributed by atoms with Gasteiger partial charge in [0.05, 0.1) is 30.9 Å². The Morgan fingerprint density at radius 2 is 1.87 bits per heavy atom. The maximum atomic E-state index is 13.7. The lowest BCUT2D eigenvalue weighted by Gasteiger charge is -2.31. The molecule has 1 aliphatic carbocycles. The van der Waals surface area contributed by atoms with E-state index >= 15 is 0 Å². The molecule has 1 fully saturated rings. The van der Waals surface area contributed by atoms with Gasteiger partial charge < -0.3 is 9.47 Å². The fourth-order valence-electron chi connectivity index (χ4n) is 5.89. The lowest BCUT2D eigenvalue weighted by atomic mass is 9.78. The molecule has 7 nitrogen and oxygen atoms in total. The van der Waals surface area contributed by atoms with Crippen LogP contribution in [-0.4, -0.2) is 43.0 Å². The van der Waals surface area contributed by atoms with Gasteiger partial charge in [0.25, 0.3) is 0 Å². The van der Waals surface area contributed by atoms with Crippen LogP contribution in [0.1, 0.15) is 56.2 Å². The Kier molecular flexibility index (Phi) is 6.70. The summed E-state index contributed by atoms with van der Waals surface area (Å²) in [5.74, 6) is -1.66. The standard InChI is InChI=1S/C28H30F4N4O3/c1-26(2,3)23-10-9-20(35-16-33-34-36(35)28(30,31)32)13-22(23)18-14-27(39-15-18)12-11-21(25(37)38-4)24(27)17-5-7-19(29)8-6-17/h5-10,13-14,16,21,24,34H,11-12,15H2,1-4H3/t21-,24+,27+/m0/s1. The summed E-state index contributed by atoms with van der Waals surface area (Å²) in [6, 6.07) is 11.2. The first-order valence-electron chi connectivity index (χ1n) is 12.6. The van der Waals surface area contributed by atoms with Crippen LogP contribution in [0.3, 0.4) is 0 Å². The smallest absolute Gasteiger partial charge is 0.469 e. The van der Waals surface area contributed by atoms with E-state index in [2.05, 4.69) is 5.10 Å². The van der Waals surface area contributed by atoms with E-state index in [9.17, 15) is 22.4 Å². The molecule has 2 aromatic carbocycles. The van der Waals surface area contributed by atoms with Crippen molar-refractivity contribution in [2.45, 2.75) is 56.8 Å². The molecule has 208 valence electrons. The van der Waals surface area contributed by atoms with Crippen LogP contribution in [0.15, 0.2) is 53.6 Å². The number of carbonyl (C=O) groups excluding carboxylic acids is 1. The van der Waals surface area contributed by atoms with Crippen LogP contribution in [-0.2, 0) is 19.7 Å². The summed E-state index contributed by atoms with van der Waals surface area (Å²) in [4.78, 5) is 12.8. The van der Waals surface area contributed by atoms with Gasteiger partial charge in [0, 0.05) is 5.92 Å². The quantitative estimate of drug-likeness (QED) is 0.304. The van der Waals surface area contributed by atoms with Crippen LogP contribution in [0.5, 0.6) is 0 Å². The van der Waals surface area contributed by atoms with Crippen molar-refractivity contribution >= 4 is 23.6 Å². The molecular formula is C28H30F4N4O3. The van der Waals surface area contributed by atoms with Gasteiger partial charge in [-0.15, -0.1) is 0 Å². The Labute approximate surface area is 224 Å². The van der Waals surface area contributed by atoms with Gasteiger partial charge >= 0.3 is 12.3 Å². The highest BCUT2D eigenvalue weighted by atomic mass is 19.4. The lowest BCUT2D eigenvalue weighted by molar-refractivity contribution is -0.259. The fraction of sp³-hybridized carbons (Fsp3) is 0.429. The molecule has 3 atom stereocenters. The van der Waals surface area contributed by atoms with Crippen molar-refractivity contribution in [2.75, 3.05) is 18.7 Å². The minimum Gasteiger partial charge on any atom is -0.469 e. The second-order valence-electron chi connectivity index (χ2n) is 11.1. The van der Waals surface area contributed by atoms with Gasteiger partial charge in [-0.2, -0.15) is 18.3 Å². The number of hydrogen-bond donors (Lipinski definition) is 1. The number of ether oxygens (including phenoxy) is 2. The third kappa shape index (κ3) is 4.89. The summed E-state index contributed by atoms with van der Waals surface area (Å²) in [7, 11) is 1.34. The molecule has 1 N–H and O–H groups in total. The molecule has 0 amide bonds. The number of nitrogens with zero attached hydrogens (tertiary/aromatic N) is 3. The number of alkyl halides is 3. The van der Waals surface area contributed by atoms with Crippen LogP contribution in [0.2, 0.25) is 0 Å². The van der Waals surface area contributed by atoms with Crippen LogP contribution in [0.25, 0.3) is 5.57 Å². The van der Waals surface area contributed by atoms with E-state index in [1.807, 2.05) is 38.4 Å². The molecule has 0 saturated heterocycles. The molecule has 3 aliphatic rings. The van der Waals surface area contributed by atoms with Gasteiger partial charge in [0.1, 0.15) is 12.2 Å². The van der Waals surface area contributed by atoms with Crippen LogP contribution < -0.4 is 10.5 Å². The Hall–Kier alpha value is -3.44. The first-order valence-corrected chi connectivity index (χ1v) is 12.6. The molecular weight excluding hydrogens is 516 g/mol. The number of anilines is 1. The minimum atomic E-state index is -4.70. The predicted octanol–water partition coefficient (Wildman–Crippen LogP) is 5.65. The van der Waals surface area contributed by atoms with Crippen molar-refractivity contribution in [1.29, 1.82) is 0 Å². The number of rotatable bonds is 4. The highest BCUT2D eigenvalue weighted by Crippen LogP contribution is 2.54. The van der Waals surface area contributed by atoms with E-state index in [0.29, 0.717) is 12.8 Å². The van der Waals surface area contributed by atoms with E-state index in [-0.39, 0.29) is 34.6 Å². The van der Waals surface area contributed by atoms with E-state index in [0.717, 1.165) is 33.6 Å². The van der Waals surface area contributed by atoms with Gasteiger partial charge in [-0.25, -0.2) is 14.9 Å². The second-order valence-corrected chi connectivity index (χ2v) is 11.1. The molecule has 2 aliphatic heterocycles. The zero-order chi connectivity index (χ0) is 28.2. The maximum absolute atomic E-state index is 13.7. The molecule has 5 rings (SSSR count). The molecule has 11 heteroatoms. The SMILES string of the molecule is COC(=O)[C@H]1CC[C@@]2(C=C(c3cc(N4C=NNN4C(F)(F)F)ccc3C(C)(C)C)CO2)[C@@H]1c1ccc(F)cc1. The van der Waals surface area contributed by atoms with Crippen LogP contribution in [0, 0.1) is 11.7 Å². The lowest BCUT2D eigenvalue weighted by Crippen LogP contribution is -2.52. The van der Waals surface area contributed by atoms with Gasteiger partial charge in [-0.05, 0) is 76.0 Å². The van der Waals surface area contributed by atoms with Crippen molar-refractivity contribution in [2.24, 2.45) is 11.0 Å². The average Bonchev–Trinajstić information content (AvgIpc) is 3.62. The summed E-state index contributed by atoms with van der Waals surface area (Å²) in [6.07, 6.45) is -0.591. The van der Waals surface area contributed by atoms with Crippen molar-refractivity contribution in [3.63, 3.8) is 0 Å². The monoisotopic (exact) mass is 546 g/mol. The zero-order valence-corrected chi connectivity index (χ0v) is 22.1. The highest BCUT2D eigenvalue weighted by Gasteiger charge is 2.54. The number of esters is 1. The molecule has 0 bridgehead atoms. The number of hydrazine groups is 2. The molecule has 1 spiro atoms. The molecule has 0 aromatic heterocycles. The number of nitrogens with one attached hydrogen (secondary N) is 1. The van der Waals surface area contributed by atoms with Gasteiger partial charge in [0.2, 0.25) is 0 Å². The molecule has 2 heterocycles. The average molecular weight is 547 g/mol. The summed E-state index contributed by atoms with van der Waals surface area (Å²) in [5, 5.41) is 4.46. The Morgan fingerprint density at radius 3 is 2.51 bits per heavy atom. The van der Waals surface area contributed by atoms with E-state index in [4.69, 9.17) is 9.47 Å². The maximum Gasteiger partial charge on any atom is 0.497 e. The first-order chi connectivity index (χ1) is 18.3. The van der Waals surface area contributed by atoms with E-state index in [1.54, 1.807) is 24.3 Å². The number of carbonyl (C=O) groups is 1. The Morgan fingerprint density at radius 1 is 1.15 bits per heavy atom. The van der Waals surface area contributed by atoms with E-state index < -0.39 is 23.7 Å². The minimum absolute atomic E-state index is 0.00755. The summed E-state index contributed by atoms with van der Waals surface area (Å²) in [6.45, 7) is 6.29. The van der Waals surface area contributed by atoms with Crippen LogP contribution >= 0.6 is 0 Å². The summed E-state index contributed by atoms with van der Waals surface area (Å²) in [5.41, 5.74) is 4.29. The Bertz CT molecular complexity index is 1320. The van der Waals surface area contributed by atoms with E-state index in [1.165, 1.54) is 19.2 Å². The van der Waals surface area contributed by atoms with Crippen molar-refractivity contribution in [1.82, 2.24) is 10.7 Å². The second kappa shape index (κ2) is 9.63. The Balaban J connectivity index is 1.60. The topological polar surface area (TPSA) is 66.4 Å². The molecule has 39 heavy (non-hydrogen) atoms. The fourth-order valence-corrected chi connectivity index (χ4v) is 5.89. The van der Waals surface area contributed by atoms with Gasteiger partial charge in [-0.3, -0.25) is 4.79 Å². The van der Waals surface area contributed by atoms with Crippen molar-refractivity contribution < 1.29 is 31.8 Å². The van der Waals surface area contributed by atoms with Crippen molar-refractivity contribution in [3.05, 3.63) is 71.0 Å². The third-order valence-corrected chi connectivity index (χ3v) is 7.62. The first kappa shape index (κ1) is 27.1. The largest absolute Gasteiger partial charge is 0.497 e. The number of benzene rings is 2. The molecule has 0 unspecified atom stereocenters. The highest BCUT2D eigenvalue weighted by molar-refractivity contribution is 5.83. The third-order valence-electron chi connectivity index (χ3n) is 7.62. The molecule has 2 aromatic rings. The molecule has 1 saturated carbocycles. The zero-order valence-electron chi connectivity index (χ0n) is 22.1. The predicted molar refractivity (Wildman–Crippen MR) is 138 cm³/mol. The van der Waals surface area contributed by atoms with Crippen LogP contribution in [0.4, 0.5) is 23.2 Å². The number of hydrogen-bond acceptors (Lipinski definition) is 7. The summed E-state index contributed by atoms with van der Waals surface area (Å²) < 4.78 is 66.0. The van der Waals surface area contributed by atoms with Gasteiger partial charge in [0.15, 0.2) is 0 Å². The number of halogens is 4. The summed E-state index contributed by atoms with van der Waals surface area (Å²) >= 11 is 0.